The summed E-state index contributed by atoms with van der Waals surface area (Å²) in [5.41, 5.74) is 2.91. The van der Waals surface area contributed by atoms with E-state index in [1.165, 1.54) is 0 Å². The van der Waals surface area contributed by atoms with E-state index >= 15 is 0 Å². The smallest absolute Gasteiger partial charge is 0.0991 e. The first-order chi connectivity index (χ1) is 7.67. The molecule has 0 saturated carbocycles. The lowest BCUT2D eigenvalue weighted by Gasteiger charge is -2.20. The quantitative estimate of drug-likeness (QED) is 0.761. The van der Waals surface area contributed by atoms with E-state index in [0.29, 0.717) is 5.56 Å². The van der Waals surface area contributed by atoms with E-state index in [-0.39, 0.29) is 0 Å². The molecule has 16 heavy (non-hydrogen) atoms. The maximum atomic E-state index is 8.70. The predicted octanol–water partition coefficient (Wildman–Crippen LogP) is 1.77. The standard InChI is InChI=1S/C13H17N3/c1-11(9-15-2)10-16(3)13-6-4-12(8-14)5-7-13/h4-7,15H,1,9-10H2,2-3H3. The van der Waals surface area contributed by atoms with Crippen molar-refractivity contribution in [2.75, 3.05) is 32.1 Å². The average Bonchev–Trinajstić information content (AvgIpc) is 2.29. The minimum absolute atomic E-state index is 0.686. The summed E-state index contributed by atoms with van der Waals surface area (Å²) < 4.78 is 0. The maximum Gasteiger partial charge on any atom is 0.0991 e. The molecular formula is C13H17N3. The van der Waals surface area contributed by atoms with Crippen molar-refractivity contribution in [3.05, 3.63) is 42.0 Å². The maximum absolute atomic E-state index is 8.70. The molecule has 0 heterocycles. The zero-order valence-corrected chi connectivity index (χ0v) is 9.83. The Balaban J connectivity index is 2.63. The van der Waals surface area contributed by atoms with Crippen molar-refractivity contribution in [1.29, 1.82) is 5.26 Å². The van der Waals surface area contributed by atoms with Gasteiger partial charge in [-0.25, -0.2) is 0 Å². The second kappa shape index (κ2) is 5.94. The predicted molar refractivity (Wildman–Crippen MR) is 67.5 cm³/mol. The Morgan fingerprint density at radius 2 is 2.06 bits per heavy atom. The van der Waals surface area contributed by atoms with Crippen molar-refractivity contribution in [1.82, 2.24) is 5.32 Å². The highest BCUT2D eigenvalue weighted by molar-refractivity contribution is 5.49. The van der Waals surface area contributed by atoms with E-state index in [1.807, 2.05) is 38.4 Å². The van der Waals surface area contributed by atoms with Crippen LogP contribution in [0.25, 0.3) is 0 Å². The second-order valence-electron chi connectivity index (χ2n) is 3.80. The third-order valence-electron chi connectivity index (χ3n) is 2.32. The van der Waals surface area contributed by atoms with Crippen LogP contribution in [0.4, 0.5) is 5.69 Å². The van der Waals surface area contributed by atoms with Crippen LogP contribution in [0.3, 0.4) is 0 Å². The van der Waals surface area contributed by atoms with Gasteiger partial charge in [0.15, 0.2) is 0 Å². The summed E-state index contributed by atoms with van der Waals surface area (Å²) >= 11 is 0. The molecule has 0 aliphatic rings. The molecule has 1 aromatic rings. The number of hydrogen-bond acceptors (Lipinski definition) is 3. The molecule has 1 rings (SSSR count). The Labute approximate surface area is 97.0 Å². The van der Waals surface area contributed by atoms with Crippen molar-refractivity contribution in [2.45, 2.75) is 0 Å². The molecule has 3 heteroatoms. The summed E-state index contributed by atoms with van der Waals surface area (Å²) in [6.07, 6.45) is 0. The van der Waals surface area contributed by atoms with Crippen LogP contribution in [0.15, 0.2) is 36.4 Å². The van der Waals surface area contributed by atoms with Crippen LogP contribution < -0.4 is 10.2 Å². The minimum Gasteiger partial charge on any atom is -0.371 e. The summed E-state index contributed by atoms with van der Waals surface area (Å²) in [4.78, 5) is 2.11. The van der Waals surface area contributed by atoms with Crippen LogP contribution in [0.5, 0.6) is 0 Å². The molecular weight excluding hydrogens is 198 g/mol. The molecule has 3 nitrogen and oxygen atoms in total. The van der Waals surface area contributed by atoms with E-state index in [1.54, 1.807) is 0 Å². The molecule has 0 bridgehead atoms. The number of nitriles is 1. The van der Waals surface area contributed by atoms with Crippen LogP contribution in [0.1, 0.15) is 5.56 Å². The topological polar surface area (TPSA) is 39.1 Å². The highest BCUT2D eigenvalue weighted by Crippen LogP contribution is 2.14. The summed E-state index contributed by atoms with van der Waals surface area (Å²) in [7, 11) is 3.93. The van der Waals surface area contributed by atoms with Crippen molar-refractivity contribution in [3.63, 3.8) is 0 Å². The molecule has 1 N–H and O–H groups in total. The van der Waals surface area contributed by atoms with E-state index in [4.69, 9.17) is 5.26 Å². The lowest BCUT2D eigenvalue weighted by atomic mass is 10.2. The monoisotopic (exact) mass is 215 g/mol. The summed E-state index contributed by atoms with van der Waals surface area (Å²) in [6, 6.07) is 9.66. The van der Waals surface area contributed by atoms with Gasteiger partial charge in [0.1, 0.15) is 0 Å². The number of anilines is 1. The molecule has 0 spiro atoms. The van der Waals surface area contributed by atoms with Gasteiger partial charge in [-0.2, -0.15) is 5.26 Å². The molecule has 0 aromatic heterocycles. The van der Waals surface area contributed by atoms with Crippen LogP contribution in [-0.4, -0.2) is 27.2 Å². The van der Waals surface area contributed by atoms with Gasteiger partial charge in [-0.3, -0.25) is 0 Å². The molecule has 0 radical (unpaired) electrons. The van der Waals surface area contributed by atoms with Crippen molar-refractivity contribution in [2.24, 2.45) is 0 Å². The van der Waals surface area contributed by atoms with Gasteiger partial charge in [0, 0.05) is 25.8 Å². The molecule has 0 aliphatic carbocycles. The van der Waals surface area contributed by atoms with Gasteiger partial charge in [0.2, 0.25) is 0 Å². The highest BCUT2D eigenvalue weighted by atomic mass is 15.1. The zero-order valence-electron chi connectivity index (χ0n) is 9.83. The largest absolute Gasteiger partial charge is 0.371 e. The van der Waals surface area contributed by atoms with E-state index in [2.05, 4.69) is 22.9 Å². The molecule has 1 aromatic carbocycles. The Bertz CT molecular complexity index is 387. The van der Waals surface area contributed by atoms with Gasteiger partial charge in [-0.15, -0.1) is 0 Å². The van der Waals surface area contributed by atoms with Gasteiger partial charge in [0.05, 0.1) is 11.6 Å². The first-order valence-electron chi connectivity index (χ1n) is 5.20. The number of nitrogens with one attached hydrogen (secondary N) is 1. The fourth-order valence-corrected chi connectivity index (χ4v) is 1.52. The fourth-order valence-electron chi connectivity index (χ4n) is 1.52. The lowest BCUT2D eigenvalue weighted by molar-refractivity contribution is 0.840. The van der Waals surface area contributed by atoms with Gasteiger partial charge in [-0.05, 0) is 36.9 Å². The fraction of sp³-hybridized carbons (Fsp3) is 0.308. The summed E-state index contributed by atoms with van der Waals surface area (Å²) in [5, 5.41) is 11.8. The Kier molecular flexibility index (Phi) is 4.56. The Hall–Kier alpha value is -1.79. The average molecular weight is 215 g/mol. The number of hydrogen-bond donors (Lipinski definition) is 1. The highest BCUT2D eigenvalue weighted by Gasteiger charge is 2.02. The van der Waals surface area contributed by atoms with E-state index in [0.717, 1.165) is 24.4 Å². The van der Waals surface area contributed by atoms with Gasteiger partial charge in [-0.1, -0.05) is 6.58 Å². The van der Waals surface area contributed by atoms with Crippen LogP contribution in [0, 0.1) is 11.3 Å². The van der Waals surface area contributed by atoms with Crippen LogP contribution in [0.2, 0.25) is 0 Å². The van der Waals surface area contributed by atoms with Crippen molar-refractivity contribution >= 4 is 5.69 Å². The molecule has 84 valence electrons. The third kappa shape index (κ3) is 3.41. The minimum atomic E-state index is 0.686. The molecule has 0 atom stereocenters. The van der Waals surface area contributed by atoms with E-state index in [9.17, 15) is 0 Å². The SMILES string of the molecule is C=C(CNC)CN(C)c1ccc(C#N)cc1. The number of benzene rings is 1. The number of rotatable bonds is 5. The molecule has 0 fully saturated rings. The third-order valence-corrected chi connectivity index (χ3v) is 2.32. The normalized spacial score (nSPS) is 9.56. The first-order valence-corrected chi connectivity index (χ1v) is 5.20. The van der Waals surface area contributed by atoms with Crippen LogP contribution >= 0.6 is 0 Å². The lowest BCUT2D eigenvalue weighted by Crippen LogP contribution is -2.24. The van der Waals surface area contributed by atoms with E-state index < -0.39 is 0 Å². The molecule has 0 amide bonds. The molecule has 0 saturated heterocycles. The van der Waals surface area contributed by atoms with Gasteiger partial charge >= 0.3 is 0 Å². The molecule has 0 unspecified atom stereocenters. The summed E-state index contributed by atoms with van der Waals surface area (Å²) in [6.45, 7) is 5.62. The Morgan fingerprint density at radius 1 is 1.44 bits per heavy atom. The van der Waals surface area contributed by atoms with Gasteiger partial charge in [0.25, 0.3) is 0 Å². The molecule has 0 aliphatic heterocycles. The van der Waals surface area contributed by atoms with Crippen molar-refractivity contribution < 1.29 is 0 Å². The van der Waals surface area contributed by atoms with Gasteiger partial charge < -0.3 is 10.2 Å². The summed E-state index contributed by atoms with van der Waals surface area (Å²) in [5.74, 6) is 0. The van der Waals surface area contributed by atoms with Crippen LogP contribution in [-0.2, 0) is 0 Å². The second-order valence-corrected chi connectivity index (χ2v) is 3.80. The zero-order chi connectivity index (χ0) is 12.0. The number of likely N-dealkylation sites (N-methyl/N-ethyl adjacent to an activating group) is 2. The van der Waals surface area contributed by atoms with Crippen molar-refractivity contribution in [3.8, 4) is 6.07 Å². The first kappa shape index (κ1) is 12.3. The number of nitrogens with zero attached hydrogens (tertiary/aromatic N) is 2. The Morgan fingerprint density at radius 3 is 2.56 bits per heavy atom.